The van der Waals surface area contributed by atoms with Gasteiger partial charge in [0.25, 0.3) is 0 Å². The van der Waals surface area contributed by atoms with E-state index < -0.39 is 5.97 Å². The summed E-state index contributed by atoms with van der Waals surface area (Å²) in [4.78, 5) is 16.5. The topological polar surface area (TPSA) is 102 Å². The highest BCUT2D eigenvalue weighted by Crippen LogP contribution is 2.28. The molecule has 35 heavy (non-hydrogen) atoms. The smallest absolute Gasteiger partial charge is 0.304 e. The molecule has 8 heteroatoms. The third-order valence-electron chi connectivity index (χ3n) is 5.73. The normalized spacial score (nSPS) is 12.2. The molecule has 4 aromatic rings. The van der Waals surface area contributed by atoms with Crippen LogP contribution < -0.4 is 5.32 Å². The SMILES string of the molecule is CO/N=C(/c1ccccc1)c1cccc(CNc2ccc(C(CC(=O)O)c3cnnn3C)cc2)c1. The molecule has 0 aliphatic rings. The second kappa shape index (κ2) is 11.1. The summed E-state index contributed by atoms with van der Waals surface area (Å²) in [7, 11) is 3.31. The lowest BCUT2D eigenvalue weighted by Crippen LogP contribution is -2.12. The van der Waals surface area contributed by atoms with Crippen molar-refractivity contribution in [3.63, 3.8) is 0 Å². The van der Waals surface area contributed by atoms with Crippen LogP contribution in [-0.2, 0) is 23.2 Å². The highest BCUT2D eigenvalue weighted by Gasteiger charge is 2.21. The molecule has 178 valence electrons. The second-order valence-electron chi connectivity index (χ2n) is 8.10. The molecular weight excluding hydrogens is 442 g/mol. The Hall–Kier alpha value is -4.46. The maximum atomic E-state index is 11.4. The number of aliphatic carboxylic acids is 1. The average molecular weight is 470 g/mol. The minimum Gasteiger partial charge on any atom is -0.481 e. The number of carboxylic acids is 1. The molecule has 0 aliphatic carbocycles. The molecule has 0 bridgehead atoms. The van der Waals surface area contributed by atoms with E-state index in [0.717, 1.165) is 39.3 Å². The van der Waals surface area contributed by atoms with Gasteiger partial charge >= 0.3 is 5.97 Å². The first kappa shape index (κ1) is 23.7. The molecule has 3 aromatic carbocycles. The summed E-state index contributed by atoms with van der Waals surface area (Å²) in [6.07, 6.45) is 1.58. The lowest BCUT2D eigenvalue weighted by atomic mass is 9.92. The fourth-order valence-corrected chi connectivity index (χ4v) is 4.01. The third kappa shape index (κ3) is 5.92. The van der Waals surface area contributed by atoms with Gasteiger partial charge in [0.15, 0.2) is 0 Å². The molecular formula is C27H27N5O3. The van der Waals surface area contributed by atoms with Crippen LogP contribution in [0.25, 0.3) is 0 Å². The number of rotatable bonds is 10. The summed E-state index contributed by atoms with van der Waals surface area (Å²) in [5.41, 5.74) is 6.41. The summed E-state index contributed by atoms with van der Waals surface area (Å²) < 4.78 is 1.61. The number of anilines is 1. The number of aryl methyl sites for hydroxylation is 1. The Morgan fingerprint density at radius 2 is 1.80 bits per heavy atom. The minimum absolute atomic E-state index is 0.0342. The number of aromatic nitrogens is 3. The van der Waals surface area contributed by atoms with Crippen molar-refractivity contribution in [1.29, 1.82) is 0 Å². The van der Waals surface area contributed by atoms with Crippen molar-refractivity contribution in [2.45, 2.75) is 18.9 Å². The Balaban J connectivity index is 1.48. The zero-order valence-corrected chi connectivity index (χ0v) is 19.6. The van der Waals surface area contributed by atoms with Crippen molar-refractivity contribution in [2.75, 3.05) is 12.4 Å². The summed E-state index contributed by atoms with van der Waals surface area (Å²) in [5, 5.41) is 24.9. The van der Waals surface area contributed by atoms with Gasteiger partial charge in [-0.1, -0.05) is 71.0 Å². The van der Waals surface area contributed by atoms with E-state index in [1.165, 1.54) is 0 Å². The molecule has 0 spiro atoms. The van der Waals surface area contributed by atoms with Gasteiger partial charge in [-0.15, -0.1) is 5.10 Å². The fourth-order valence-electron chi connectivity index (χ4n) is 4.01. The molecule has 0 fully saturated rings. The van der Waals surface area contributed by atoms with Crippen LogP contribution in [-0.4, -0.2) is 38.9 Å². The first-order valence-electron chi connectivity index (χ1n) is 11.2. The molecule has 0 amide bonds. The van der Waals surface area contributed by atoms with Gasteiger partial charge in [-0.3, -0.25) is 9.48 Å². The Morgan fingerprint density at radius 3 is 2.46 bits per heavy atom. The quantitative estimate of drug-likeness (QED) is 0.263. The lowest BCUT2D eigenvalue weighted by Gasteiger charge is -2.16. The predicted octanol–water partition coefficient (Wildman–Crippen LogP) is 4.43. The lowest BCUT2D eigenvalue weighted by molar-refractivity contribution is -0.137. The first-order valence-corrected chi connectivity index (χ1v) is 11.2. The molecule has 0 saturated carbocycles. The van der Waals surface area contributed by atoms with Crippen LogP contribution in [0.3, 0.4) is 0 Å². The van der Waals surface area contributed by atoms with E-state index in [1.807, 2.05) is 66.7 Å². The van der Waals surface area contributed by atoms with Gasteiger partial charge < -0.3 is 15.3 Å². The van der Waals surface area contributed by atoms with Crippen LogP contribution in [0, 0.1) is 0 Å². The van der Waals surface area contributed by atoms with Crippen LogP contribution in [0.2, 0.25) is 0 Å². The summed E-state index contributed by atoms with van der Waals surface area (Å²) in [6, 6.07) is 25.9. The molecule has 0 radical (unpaired) electrons. The fraction of sp³-hybridized carbons (Fsp3) is 0.185. The van der Waals surface area contributed by atoms with Crippen LogP contribution in [0.15, 0.2) is 90.2 Å². The van der Waals surface area contributed by atoms with E-state index in [-0.39, 0.29) is 12.3 Å². The maximum Gasteiger partial charge on any atom is 0.304 e. The van der Waals surface area contributed by atoms with E-state index in [1.54, 1.807) is 25.0 Å². The van der Waals surface area contributed by atoms with Gasteiger partial charge in [-0.25, -0.2) is 0 Å². The molecule has 1 atom stereocenters. The zero-order chi connectivity index (χ0) is 24.6. The zero-order valence-electron chi connectivity index (χ0n) is 19.6. The van der Waals surface area contributed by atoms with Crippen molar-refractivity contribution in [3.8, 4) is 0 Å². The van der Waals surface area contributed by atoms with Gasteiger partial charge in [0.2, 0.25) is 0 Å². The number of carbonyl (C=O) groups is 1. The molecule has 1 aromatic heterocycles. The summed E-state index contributed by atoms with van der Waals surface area (Å²) >= 11 is 0. The number of benzene rings is 3. The molecule has 8 nitrogen and oxygen atoms in total. The van der Waals surface area contributed by atoms with Crippen LogP contribution in [0.1, 0.15) is 40.3 Å². The molecule has 0 aliphatic heterocycles. The monoisotopic (exact) mass is 469 g/mol. The molecule has 2 N–H and O–H groups in total. The maximum absolute atomic E-state index is 11.4. The molecule has 0 saturated heterocycles. The Bertz CT molecular complexity index is 1300. The number of nitrogens with zero attached hydrogens (tertiary/aromatic N) is 4. The standard InChI is InChI=1S/C27H27N5O3/c1-32-25(18-29-31-32)24(16-26(33)34)20-11-13-23(14-12-20)28-17-19-7-6-10-22(15-19)27(30-35-2)21-8-4-3-5-9-21/h3-15,18,24,28H,16-17H2,1-2H3,(H,33,34)/b30-27-. The number of carboxylic acid groups (broad SMARTS) is 1. The Labute approximate surface area is 203 Å². The van der Waals surface area contributed by atoms with Crippen molar-refractivity contribution in [1.82, 2.24) is 15.0 Å². The number of hydrogen-bond acceptors (Lipinski definition) is 6. The van der Waals surface area contributed by atoms with Crippen LogP contribution in [0.4, 0.5) is 5.69 Å². The van der Waals surface area contributed by atoms with E-state index in [2.05, 4.69) is 32.9 Å². The van der Waals surface area contributed by atoms with Gasteiger partial charge in [-0.05, 0) is 29.3 Å². The largest absolute Gasteiger partial charge is 0.481 e. The summed E-state index contributed by atoms with van der Waals surface area (Å²) in [5.74, 6) is -1.19. The molecule has 4 rings (SSSR count). The minimum atomic E-state index is -0.870. The van der Waals surface area contributed by atoms with Gasteiger partial charge in [0, 0.05) is 36.3 Å². The van der Waals surface area contributed by atoms with Crippen molar-refractivity contribution >= 4 is 17.4 Å². The number of hydrogen-bond donors (Lipinski definition) is 2. The van der Waals surface area contributed by atoms with Crippen LogP contribution in [0.5, 0.6) is 0 Å². The van der Waals surface area contributed by atoms with E-state index >= 15 is 0 Å². The van der Waals surface area contributed by atoms with Gasteiger partial charge in [0.05, 0.1) is 18.3 Å². The first-order chi connectivity index (χ1) is 17.0. The van der Waals surface area contributed by atoms with Crippen molar-refractivity contribution < 1.29 is 14.7 Å². The van der Waals surface area contributed by atoms with Crippen LogP contribution >= 0.6 is 0 Å². The van der Waals surface area contributed by atoms with E-state index in [9.17, 15) is 9.90 Å². The number of oxime groups is 1. The second-order valence-corrected chi connectivity index (χ2v) is 8.10. The molecule has 1 heterocycles. The number of nitrogens with one attached hydrogen (secondary N) is 1. The highest BCUT2D eigenvalue weighted by atomic mass is 16.6. The van der Waals surface area contributed by atoms with E-state index in [0.29, 0.717) is 6.54 Å². The highest BCUT2D eigenvalue weighted by molar-refractivity contribution is 6.12. The predicted molar refractivity (Wildman–Crippen MR) is 134 cm³/mol. The van der Waals surface area contributed by atoms with E-state index in [4.69, 9.17) is 4.84 Å². The Morgan fingerprint density at radius 1 is 1.06 bits per heavy atom. The van der Waals surface area contributed by atoms with Crippen molar-refractivity contribution in [2.24, 2.45) is 12.2 Å². The van der Waals surface area contributed by atoms with Gasteiger partial charge in [-0.2, -0.15) is 0 Å². The van der Waals surface area contributed by atoms with Gasteiger partial charge in [0.1, 0.15) is 12.8 Å². The van der Waals surface area contributed by atoms with Crippen molar-refractivity contribution in [3.05, 3.63) is 113 Å². The average Bonchev–Trinajstić information content (AvgIpc) is 3.31. The summed E-state index contributed by atoms with van der Waals surface area (Å²) in [6.45, 7) is 0.618. The third-order valence-corrected chi connectivity index (χ3v) is 5.73. The molecule has 1 unspecified atom stereocenters. The Kier molecular flexibility index (Phi) is 7.52.